The van der Waals surface area contributed by atoms with Gasteiger partial charge < -0.3 is 15.1 Å². The maximum absolute atomic E-state index is 13.2. The Bertz CT molecular complexity index is 989. The molecule has 0 saturated carbocycles. The molecule has 6 nitrogen and oxygen atoms in total. The highest BCUT2D eigenvalue weighted by Gasteiger charge is 2.30. The van der Waals surface area contributed by atoms with Crippen molar-refractivity contribution in [3.63, 3.8) is 0 Å². The zero-order valence-corrected chi connectivity index (χ0v) is 19.7. The smallest absolute Gasteiger partial charge is 0.253 e. The molecular formula is C26H32FN3O3. The first kappa shape index (κ1) is 24.4. The molecule has 3 amide bonds. The molecule has 33 heavy (non-hydrogen) atoms. The van der Waals surface area contributed by atoms with E-state index in [0.717, 1.165) is 5.56 Å². The van der Waals surface area contributed by atoms with E-state index in [1.807, 2.05) is 24.3 Å². The molecule has 1 N–H and O–H groups in total. The van der Waals surface area contributed by atoms with Gasteiger partial charge in [-0.05, 0) is 40.8 Å². The molecular weight excluding hydrogens is 421 g/mol. The molecule has 1 aliphatic rings. The summed E-state index contributed by atoms with van der Waals surface area (Å²) in [4.78, 5) is 41.1. The van der Waals surface area contributed by atoms with Gasteiger partial charge in [0.1, 0.15) is 11.9 Å². The Hall–Kier alpha value is -3.22. The van der Waals surface area contributed by atoms with Crippen molar-refractivity contribution >= 4 is 17.7 Å². The van der Waals surface area contributed by atoms with E-state index in [2.05, 4.69) is 26.1 Å². The number of piperazine rings is 1. The quantitative estimate of drug-likeness (QED) is 0.756. The molecule has 1 fully saturated rings. The van der Waals surface area contributed by atoms with Gasteiger partial charge in [-0.3, -0.25) is 14.4 Å². The van der Waals surface area contributed by atoms with Crippen LogP contribution >= 0.6 is 0 Å². The fourth-order valence-electron chi connectivity index (χ4n) is 3.95. The van der Waals surface area contributed by atoms with Crippen LogP contribution in [0.25, 0.3) is 0 Å². The van der Waals surface area contributed by atoms with Gasteiger partial charge in [-0.1, -0.05) is 45.0 Å². The zero-order chi connectivity index (χ0) is 24.2. The monoisotopic (exact) mass is 453 g/mol. The molecule has 1 heterocycles. The van der Waals surface area contributed by atoms with E-state index >= 15 is 0 Å². The van der Waals surface area contributed by atoms with Gasteiger partial charge in [0.05, 0.1) is 0 Å². The molecule has 7 heteroatoms. The van der Waals surface area contributed by atoms with Crippen LogP contribution in [0, 0.1) is 5.82 Å². The molecule has 0 spiro atoms. The molecule has 1 atom stereocenters. The maximum Gasteiger partial charge on any atom is 0.253 e. The number of nitrogens with zero attached hydrogens (tertiary/aromatic N) is 2. The summed E-state index contributed by atoms with van der Waals surface area (Å²) in [7, 11) is 0. The summed E-state index contributed by atoms with van der Waals surface area (Å²) < 4.78 is 13.2. The first-order valence-electron chi connectivity index (χ1n) is 11.2. The molecule has 1 aliphatic heterocycles. The van der Waals surface area contributed by atoms with Crippen molar-refractivity contribution in [1.29, 1.82) is 0 Å². The van der Waals surface area contributed by atoms with Crippen LogP contribution in [0.1, 0.15) is 49.2 Å². The van der Waals surface area contributed by atoms with Gasteiger partial charge in [-0.2, -0.15) is 0 Å². The van der Waals surface area contributed by atoms with Crippen LogP contribution in [-0.4, -0.2) is 59.7 Å². The van der Waals surface area contributed by atoms with Crippen molar-refractivity contribution in [2.45, 2.75) is 45.6 Å². The third kappa shape index (κ3) is 6.40. The van der Waals surface area contributed by atoms with Gasteiger partial charge in [0.25, 0.3) is 5.91 Å². The minimum absolute atomic E-state index is 0.0198. The van der Waals surface area contributed by atoms with Crippen molar-refractivity contribution in [2.75, 3.05) is 26.2 Å². The second-order valence-electron chi connectivity index (χ2n) is 9.53. The van der Waals surface area contributed by atoms with Crippen molar-refractivity contribution in [3.05, 3.63) is 71.0 Å². The fourth-order valence-corrected chi connectivity index (χ4v) is 3.95. The van der Waals surface area contributed by atoms with Crippen LogP contribution in [0.5, 0.6) is 0 Å². The van der Waals surface area contributed by atoms with Crippen LogP contribution in [0.15, 0.2) is 48.5 Å². The first-order valence-corrected chi connectivity index (χ1v) is 11.2. The Morgan fingerprint density at radius 1 is 0.909 bits per heavy atom. The van der Waals surface area contributed by atoms with Crippen molar-refractivity contribution in [3.8, 4) is 0 Å². The predicted molar refractivity (Wildman–Crippen MR) is 125 cm³/mol. The van der Waals surface area contributed by atoms with E-state index in [0.29, 0.717) is 31.7 Å². The lowest BCUT2D eigenvalue weighted by Gasteiger charge is -2.36. The third-order valence-corrected chi connectivity index (χ3v) is 5.91. The number of benzene rings is 2. The highest BCUT2D eigenvalue weighted by molar-refractivity contribution is 5.94. The predicted octanol–water partition coefficient (Wildman–Crippen LogP) is 3.16. The molecule has 2 aromatic carbocycles. The van der Waals surface area contributed by atoms with Gasteiger partial charge in [0.2, 0.25) is 11.8 Å². The Labute approximate surface area is 194 Å². The molecule has 0 bridgehead atoms. The number of rotatable bonds is 5. The Morgan fingerprint density at radius 3 is 1.97 bits per heavy atom. The molecule has 0 aliphatic carbocycles. The lowest BCUT2D eigenvalue weighted by Crippen LogP contribution is -2.56. The summed E-state index contributed by atoms with van der Waals surface area (Å²) in [5.74, 6) is -0.901. The van der Waals surface area contributed by atoms with Crippen LogP contribution in [-0.2, 0) is 21.4 Å². The number of hydrogen-bond acceptors (Lipinski definition) is 3. The van der Waals surface area contributed by atoms with Crippen molar-refractivity contribution in [2.24, 2.45) is 0 Å². The molecule has 3 rings (SSSR count). The number of hydrogen-bond donors (Lipinski definition) is 1. The van der Waals surface area contributed by atoms with Crippen molar-refractivity contribution in [1.82, 2.24) is 15.1 Å². The Kier molecular flexibility index (Phi) is 7.51. The summed E-state index contributed by atoms with van der Waals surface area (Å²) in [6.07, 6.45) is 0.276. The summed E-state index contributed by atoms with van der Waals surface area (Å²) in [6.45, 7) is 9.39. The van der Waals surface area contributed by atoms with E-state index in [4.69, 9.17) is 0 Å². The summed E-state index contributed by atoms with van der Waals surface area (Å²) in [5, 5.41) is 2.71. The second kappa shape index (κ2) is 10.1. The van der Waals surface area contributed by atoms with Gasteiger partial charge in [0, 0.05) is 45.1 Å². The number of carbonyl (C=O) groups excluding carboxylic acids is 3. The van der Waals surface area contributed by atoms with Crippen molar-refractivity contribution < 1.29 is 18.8 Å². The van der Waals surface area contributed by atoms with E-state index in [1.165, 1.54) is 24.6 Å². The summed E-state index contributed by atoms with van der Waals surface area (Å²) in [5.41, 5.74) is 2.58. The largest absolute Gasteiger partial charge is 0.344 e. The minimum Gasteiger partial charge on any atom is -0.344 e. The maximum atomic E-state index is 13.2. The minimum atomic E-state index is -0.736. The number of nitrogens with one attached hydrogen (secondary N) is 1. The normalized spacial score (nSPS) is 15.2. The number of halogens is 1. The average Bonchev–Trinajstić information content (AvgIpc) is 2.78. The highest BCUT2D eigenvalue weighted by Crippen LogP contribution is 2.23. The van der Waals surface area contributed by atoms with E-state index in [9.17, 15) is 18.8 Å². The lowest BCUT2D eigenvalue weighted by atomic mass is 9.86. The van der Waals surface area contributed by atoms with E-state index in [1.54, 1.807) is 21.9 Å². The average molecular weight is 454 g/mol. The van der Waals surface area contributed by atoms with Crippen LogP contribution in [0.4, 0.5) is 4.39 Å². The van der Waals surface area contributed by atoms with Crippen LogP contribution < -0.4 is 5.32 Å². The van der Waals surface area contributed by atoms with Gasteiger partial charge in [-0.25, -0.2) is 4.39 Å². The van der Waals surface area contributed by atoms with E-state index < -0.39 is 6.04 Å². The SMILES string of the molecule is CC(=O)N[C@@H](Cc1ccc(F)cc1)C(=O)N1CCN(C(=O)c2ccc(C(C)(C)C)cc2)CC1. The first-order chi connectivity index (χ1) is 15.5. The molecule has 176 valence electrons. The van der Waals surface area contributed by atoms with Gasteiger partial charge in [0.15, 0.2) is 0 Å². The topological polar surface area (TPSA) is 69.7 Å². The summed E-state index contributed by atoms with van der Waals surface area (Å²) >= 11 is 0. The standard InChI is InChI=1S/C26H32FN3O3/c1-18(31)28-23(17-19-5-11-22(27)12-6-19)25(33)30-15-13-29(14-16-30)24(32)20-7-9-21(10-8-20)26(2,3)4/h5-12,23H,13-17H2,1-4H3,(H,28,31)/t23-/m0/s1. The lowest BCUT2D eigenvalue weighted by molar-refractivity contribution is -0.137. The molecule has 0 unspecified atom stereocenters. The Balaban J connectivity index is 1.61. The van der Waals surface area contributed by atoms with Crippen LogP contribution in [0.3, 0.4) is 0 Å². The molecule has 2 aromatic rings. The number of amides is 3. The van der Waals surface area contributed by atoms with E-state index in [-0.39, 0.29) is 35.4 Å². The van der Waals surface area contributed by atoms with Crippen LogP contribution in [0.2, 0.25) is 0 Å². The van der Waals surface area contributed by atoms with Gasteiger partial charge >= 0.3 is 0 Å². The number of carbonyl (C=O) groups is 3. The highest BCUT2D eigenvalue weighted by atomic mass is 19.1. The molecule has 1 saturated heterocycles. The Morgan fingerprint density at radius 2 is 1.45 bits per heavy atom. The fraction of sp³-hybridized carbons (Fsp3) is 0.423. The molecule has 0 radical (unpaired) electrons. The summed E-state index contributed by atoms with van der Waals surface area (Å²) in [6, 6.07) is 12.8. The van der Waals surface area contributed by atoms with Gasteiger partial charge in [-0.15, -0.1) is 0 Å². The second-order valence-corrected chi connectivity index (χ2v) is 9.53. The third-order valence-electron chi connectivity index (χ3n) is 5.91. The zero-order valence-electron chi connectivity index (χ0n) is 19.7. The molecule has 0 aromatic heterocycles.